The van der Waals surface area contributed by atoms with Crippen LogP contribution in [0.15, 0.2) is 255 Å². The molecule has 0 fully saturated rings. The maximum Gasteiger partial charge on any atom is 4.00 e. The summed E-state index contributed by atoms with van der Waals surface area (Å²) in [7, 11) is 0. The predicted octanol–water partition coefficient (Wildman–Crippen LogP) is 18.9. The molecule has 4 aromatic heterocycles. The fourth-order valence-corrected chi connectivity index (χ4v) is 10.9. The molecular weight excluding hydrogens is 1120 g/mol. The molecule has 0 radical (unpaired) electrons. The Hall–Kier alpha value is -8.21. The van der Waals surface area contributed by atoms with Crippen LogP contribution in [0.5, 0.6) is 0 Å². The van der Waals surface area contributed by atoms with Crippen molar-refractivity contribution >= 4 is 97.0 Å². The molecule has 0 aliphatic carbocycles. The Morgan fingerprint density at radius 3 is 0.933 bits per heavy atom. The summed E-state index contributed by atoms with van der Waals surface area (Å²) in [6, 6.07) is 87.4. The smallest absolute Gasteiger partial charge is 0.452 e. The van der Waals surface area contributed by atoms with Crippen LogP contribution in [0.1, 0.15) is 22.3 Å². The molecule has 6 nitrogen and oxygen atoms in total. The molecule has 0 amide bonds. The van der Waals surface area contributed by atoms with E-state index < -0.39 is 0 Å². The van der Waals surface area contributed by atoms with Gasteiger partial charge in [0.15, 0.2) is 0 Å². The Morgan fingerprint density at radius 2 is 0.627 bits per heavy atom. The molecule has 0 unspecified atom stereocenters. The van der Waals surface area contributed by atoms with E-state index in [1.54, 1.807) is 22.7 Å². The molecule has 360 valence electrons. The first kappa shape index (κ1) is 50.3. The van der Waals surface area contributed by atoms with E-state index in [-0.39, 0.29) is 25.8 Å². The Morgan fingerprint density at radius 1 is 0.333 bits per heavy atom. The van der Waals surface area contributed by atoms with Gasteiger partial charge in [-0.25, -0.2) is 0 Å². The van der Waals surface area contributed by atoms with E-state index in [9.17, 15) is 0 Å². The number of rotatable bonds is 8. The van der Waals surface area contributed by atoms with E-state index in [0.717, 1.165) is 53.2 Å². The van der Waals surface area contributed by atoms with Crippen molar-refractivity contribution in [1.29, 1.82) is 0 Å². The van der Waals surface area contributed by atoms with Gasteiger partial charge in [0.2, 0.25) is 0 Å². The summed E-state index contributed by atoms with van der Waals surface area (Å²) in [5, 5.41) is 16.2. The second-order valence-corrected chi connectivity index (χ2v) is 19.6. The van der Waals surface area contributed by atoms with E-state index in [2.05, 4.69) is 181 Å². The van der Waals surface area contributed by atoms with Gasteiger partial charge in [0.05, 0.1) is 33.4 Å². The zero-order chi connectivity index (χ0) is 50.1. The molecule has 9 heteroatoms. The van der Waals surface area contributed by atoms with Crippen LogP contribution >= 0.6 is 22.7 Å². The van der Waals surface area contributed by atoms with E-state index in [1.165, 1.54) is 54.7 Å². The fourth-order valence-electron chi connectivity index (χ4n) is 9.15. The molecular formula is C66H50HfN6S2. The fraction of sp³-hybridized carbons (Fsp3) is 0.0303. The number of nitrogens with zero attached hydrogens (tertiary/aromatic N) is 6. The molecule has 0 N–H and O–H groups in total. The van der Waals surface area contributed by atoms with Gasteiger partial charge in [0.25, 0.3) is 0 Å². The molecule has 14 aromatic rings. The van der Waals surface area contributed by atoms with Crippen molar-refractivity contribution in [3.8, 4) is 11.4 Å². The number of hydrogen-bond donors (Lipinski definition) is 0. The minimum atomic E-state index is 0. The van der Waals surface area contributed by atoms with Crippen LogP contribution in [0.2, 0.25) is 0 Å². The standard InChI is InChI=1S/2C26H18N3S.2C7H7.Hf/c2*1-2-9-18(10-3-1)17-27-26-28-25-23(15-8-16-24(25)30-26)29-21-13-6-4-11-19(21)20-12-5-7-14-22(20)29;2*1-7-5-3-2-4-6-7;/h2*1-16H,17H2;2*2-6H,1H2;/q4*-1;+4. The molecule has 4 heterocycles. The van der Waals surface area contributed by atoms with Crippen LogP contribution in [0.3, 0.4) is 0 Å². The topological polar surface area (TPSA) is 63.8 Å². The molecule has 0 aliphatic rings. The summed E-state index contributed by atoms with van der Waals surface area (Å²) >= 11 is 3.30. The van der Waals surface area contributed by atoms with Gasteiger partial charge in [0.1, 0.15) is 0 Å². The number of para-hydroxylation sites is 6. The van der Waals surface area contributed by atoms with Crippen LogP contribution in [-0.4, -0.2) is 19.1 Å². The van der Waals surface area contributed by atoms with Gasteiger partial charge in [-0.1, -0.05) is 158 Å². The Kier molecular flexibility index (Phi) is 16.0. The second-order valence-electron chi connectivity index (χ2n) is 17.6. The van der Waals surface area contributed by atoms with Crippen molar-refractivity contribution in [2.45, 2.75) is 13.1 Å². The maximum atomic E-state index is 4.93. The van der Waals surface area contributed by atoms with E-state index in [4.69, 9.17) is 20.6 Å². The van der Waals surface area contributed by atoms with Crippen molar-refractivity contribution in [2.75, 3.05) is 0 Å². The molecule has 0 aliphatic heterocycles. The van der Waals surface area contributed by atoms with Crippen LogP contribution < -0.4 is 0 Å². The van der Waals surface area contributed by atoms with Gasteiger partial charge in [0, 0.05) is 42.0 Å². The van der Waals surface area contributed by atoms with Crippen LogP contribution in [0.4, 0.5) is 10.3 Å². The number of fused-ring (bicyclic) bond motifs is 8. The second kappa shape index (κ2) is 23.8. The number of benzene rings is 10. The normalized spacial score (nSPS) is 10.8. The van der Waals surface area contributed by atoms with Crippen molar-refractivity contribution < 1.29 is 25.8 Å². The van der Waals surface area contributed by atoms with Gasteiger partial charge < -0.3 is 29.7 Å². The van der Waals surface area contributed by atoms with E-state index in [1.807, 2.05) is 97.1 Å². The quantitative estimate of drug-likeness (QED) is 0.112. The van der Waals surface area contributed by atoms with Gasteiger partial charge in [-0.05, 0) is 83.0 Å². The van der Waals surface area contributed by atoms with E-state index >= 15 is 0 Å². The summed E-state index contributed by atoms with van der Waals surface area (Å²) in [5.74, 6) is 0. The van der Waals surface area contributed by atoms with Crippen molar-refractivity contribution in [2.24, 2.45) is 0 Å². The largest absolute Gasteiger partial charge is 4.00 e. The summed E-state index contributed by atoms with van der Waals surface area (Å²) in [5.41, 5.74) is 13.5. The maximum absolute atomic E-state index is 4.93. The minimum Gasteiger partial charge on any atom is -0.452 e. The van der Waals surface area contributed by atoms with Gasteiger partial charge >= 0.3 is 25.8 Å². The summed E-state index contributed by atoms with van der Waals surface area (Å²) in [4.78, 5) is 9.86. The molecule has 0 saturated heterocycles. The van der Waals surface area contributed by atoms with Crippen molar-refractivity contribution in [3.63, 3.8) is 0 Å². The third-order valence-electron chi connectivity index (χ3n) is 12.6. The first-order valence-electron chi connectivity index (χ1n) is 24.5. The van der Waals surface area contributed by atoms with Gasteiger partial charge in [-0.15, -0.1) is 46.9 Å². The molecule has 0 spiro atoms. The number of thiazole rings is 2. The summed E-state index contributed by atoms with van der Waals surface area (Å²) in [6.07, 6.45) is 0. The van der Waals surface area contributed by atoms with Crippen LogP contribution in [0.25, 0.3) is 86.1 Å². The summed E-state index contributed by atoms with van der Waals surface area (Å²) < 4.78 is 6.96. The van der Waals surface area contributed by atoms with Gasteiger partial charge in [-0.3, -0.25) is 0 Å². The Bertz CT molecular complexity index is 3740. The molecule has 0 atom stereocenters. The predicted molar refractivity (Wildman–Crippen MR) is 316 cm³/mol. The molecule has 14 rings (SSSR count). The molecule has 0 saturated carbocycles. The summed E-state index contributed by atoms with van der Waals surface area (Å²) in [6.45, 7) is 8.73. The van der Waals surface area contributed by atoms with Crippen molar-refractivity contribution in [1.82, 2.24) is 19.1 Å². The van der Waals surface area contributed by atoms with Crippen molar-refractivity contribution in [3.05, 3.63) is 302 Å². The monoisotopic (exact) mass is 1170 g/mol. The average molecular weight is 1170 g/mol. The molecule has 75 heavy (non-hydrogen) atoms. The first-order chi connectivity index (χ1) is 36.6. The zero-order valence-electron chi connectivity index (χ0n) is 41.1. The molecule has 10 aromatic carbocycles. The van der Waals surface area contributed by atoms with E-state index in [0.29, 0.717) is 13.1 Å². The SMILES string of the molecule is [CH2-]c1ccccc1.[CH2-]c1ccccc1.[Hf+4].c1ccc(C[N-]c2nc3c(-n4c5ccccc5c5ccccc54)cccc3s2)cc1.c1ccc(C[N-]c2nc3c(-n4c5ccccc5c5ccccc54)cccc3s2)cc1. The third-order valence-corrected chi connectivity index (χ3v) is 14.5. The molecule has 0 bridgehead atoms. The van der Waals surface area contributed by atoms with Gasteiger partial charge in [-0.2, -0.15) is 49.2 Å². The average Bonchev–Trinajstić information content (AvgIpc) is 4.25. The number of hydrogen-bond acceptors (Lipinski definition) is 4. The number of aromatic nitrogens is 4. The van der Waals surface area contributed by atoms with Crippen LogP contribution in [0, 0.1) is 13.8 Å². The first-order valence-corrected chi connectivity index (χ1v) is 26.1. The van der Waals surface area contributed by atoms with Crippen LogP contribution in [-0.2, 0) is 38.9 Å². The third kappa shape index (κ3) is 11.3. The Labute approximate surface area is 464 Å². The Balaban J connectivity index is 0.000000135. The zero-order valence-corrected chi connectivity index (χ0v) is 46.3. The minimum absolute atomic E-state index is 0.